The van der Waals surface area contributed by atoms with Crippen LogP contribution in [0, 0.1) is 6.92 Å². The molecule has 8 heteroatoms. The van der Waals surface area contributed by atoms with Gasteiger partial charge in [-0.1, -0.05) is 56.6 Å². The maximum absolute atomic E-state index is 13.0. The number of carbonyl (C=O) groups is 1. The molecule has 1 aromatic heterocycles. The molecule has 160 valence electrons. The van der Waals surface area contributed by atoms with Gasteiger partial charge in [0, 0.05) is 0 Å². The zero-order valence-electron chi connectivity index (χ0n) is 17.3. The normalized spacial score (nSPS) is 15.1. The van der Waals surface area contributed by atoms with Gasteiger partial charge in [0.2, 0.25) is 5.91 Å². The van der Waals surface area contributed by atoms with Crippen molar-refractivity contribution < 1.29 is 18.0 Å². The summed E-state index contributed by atoms with van der Waals surface area (Å²) in [5.74, 6) is 0.0351. The molecule has 0 aliphatic carbocycles. The van der Waals surface area contributed by atoms with E-state index in [1.807, 2.05) is 19.1 Å². The highest BCUT2D eigenvalue weighted by Crippen LogP contribution is 2.36. The van der Waals surface area contributed by atoms with Gasteiger partial charge >= 0.3 is 6.18 Å². The first kappa shape index (κ1) is 23.3. The average Bonchev–Trinajstić information content (AvgIpc) is 3.00. The van der Waals surface area contributed by atoms with Crippen molar-refractivity contribution in [1.29, 1.82) is 0 Å². The van der Waals surface area contributed by atoms with Gasteiger partial charge in [0.15, 0.2) is 5.69 Å². The highest BCUT2D eigenvalue weighted by molar-refractivity contribution is 6.32. The van der Waals surface area contributed by atoms with Gasteiger partial charge < -0.3 is 5.32 Å². The lowest BCUT2D eigenvalue weighted by Crippen LogP contribution is -2.34. The molecule has 0 spiro atoms. The van der Waals surface area contributed by atoms with Gasteiger partial charge in [-0.3, -0.25) is 9.48 Å². The highest BCUT2D eigenvalue weighted by Gasteiger charge is 2.39. The molecule has 0 aliphatic heterocycles. The van der Waals surface area contributed by atoms with Gasteiger partial charge in [-0.2, -0.15) is 18.3 Å². The number of alkyl halides is 3. The molecular weight excluding hydrogens is 403 g/mol. The number of hydrogen-bond acceptors (Lipinski definition) is 2. The molecule has 0 bridgehead atoms. The summed E-state index contributed by atoms with van der Waals surface area (Å²) in [6.45, 7) is 9.14. The predicted molar refractivity (Wildman–Crippen MR) is 108 cm³/mol. The fraction of sp³-hybridized carbons (Fsp3) is 0.524. The van der Waals surface area contributed by atoms with E-state index in [9.17, 15) is 18.0 Å². The number of rotatable bonds is 7. The van der Waals surface area contributed by atoms with Crippen molar-refractivity contribution in [2.45, 2.75) is 71.6 Å². The number of amides is 1. The Morgan fingerprint density at radius 1 is 1.14 bits per heavy atom. The molecule has 1 heterocycles. The van der Waals surface area contributed by atoms with E-state index in [1.54, 1.807) is 0 Å². The highest BCUT2D eigenvalue weighted by atomic mass is 35.5. The molecule has 0 aliphatic rings. The third-order valence-electron chi connectivity index (χ3n) is 5.34. The third kappa shape index (κ3) is 5.13. The molecule has 2 aromatic rings. The Bertz CT molecular complexity index is 846. The first-order valence-electron chi connectivity index (χ1n) is 9.73. The van der Waals surface area contributed by atoms with Gasteiger partial charge in [0.05, 0.1) is 16.8 Å². The van der Waals surface area contributed by atoms with Crippen molar-refractivity contribution >= 4 is 17.5 Å². The second-order valence-electron chi connectivity index (χ2n) is 7.31. The van der Waals surface area contributed by atoms with Crippen molar-refractivity contribution in [2.75, 3.05) is 0 Å². The Morgan fingerprint density at radius 3 is 2.14 bits per heavy atom. The molecule has 1 amide bonds. The zero-order valence-corrected chi connectivity index (χ0v) is 18.0. The molecule has 0 saturated heterocycles. The van der Waals surface area contributed by atoms with E-state index < -0.39 is 28.8 Å². The second kappa shape index (κ2) is 9.20. The zero-order chi connectivity index (χ0) is 21.9. The van der Waals surface area contributed by atoms with Gasteiger partial charge in [0.25, 0.3) is 0 Å². The molecule has 4 nitrogen and oxygen atoms in total. The maximum Gasteiger partial charge on any atom is 0.436 e. The molecule has 3 atom stereocenters. The molecule has 3 unspecified atom stereocenters. The summed E-state index contributed by atoms with van der Waals surface area (Å²) in [7, 11) is 0. The smallest absolute Gasteiger partial charge is 0.347 e. The molecule has 29 heavy (non-hydrogen) atoms. The Kier molecular flexibility index (Phi) is 7.38. The van der Waals surface area contributed by atoms with Gasteiger partial charge in [-0.15, -0.1) is 0 Å². The monoisotopic (exact) mass is 429 g/mol. The topological polar surface area (TPSA) is 46.9 Å². The Hall–Kier alpha value is -2.02. The average molecular weight is 430 g/mol. The lowest BCUT2D eigenvalue weighted by Gasteiger charge is -2.22. The molecular formula is C21H27ClF3N3O. The second-order valence-corrected chi connectivity index (χ2v) is 7.69. The number of nitrogens with one attached hydrogen (secondary N) is 1. The van der Waals surface area contributed by atoms with Crippen molar-refractivity contribution in [3.05, 3.63) is 51.8 Å². The van der Waals surface area contributed by atoms with Crippen LogP contribution >= 0.6 is 11.6 Å². The van der Waals surface area contributed by atoms with Crippen LogP contribution in [0.1, 0.15) is 81.1 Å². The van der Waals surface area contributed by atoms with Gasteiger partial charge in [-0.25, -0.2) is 0 Å². The van der Waals surface area contributed by atoms with Crippen LogP contribution in [0.4, 0.5) is 13.2 Å². The van der Waals surface area contributed by atoms with Crippen LogP contribution in [0.15, 0.2) is 24.3 Å². The van der Waals surface area contributed by atoms with E-state index in [0.29, 0.717) is 12.3 Å². The number of benzene rings is 1. The predicted octanol–water partition coefficient (Wildman–Crippen LogP) is 6.21. The lowest BCUT2D eigenvalue weighted by molar-refractivity contribution is -0.141. The standard InChI is InChI=1S/C21H27ClF3N3O/c1-6-12(3)15-8-10-16(11-9-15)17(7-2)26-20(29)14(5)28-13(4)18(22)19(27-28)21(23,24)25/h8-12,14,17H,6-7H2,1-5H3,(H,26,29). The summed E-state index contributed by atoms with van der Waals surface area (Å²) >= 11 is 5.79. The van der Waals surface area contributed by atoms with Crippen molar-refractivity contribution in [3.63, 3.8) is 0 Å². The number of nitrogens with zero attached hydrogens (tertiary/aromatic N) is 2. The SMILES string of the molecule is CCC(C)c1ccc(C(CC)NC(=O)C(C)n2nc(C(F)(F)F)c(Cl)c2C)cc1. The maximum atomic E-state index is 13.0. The van der Waals surface area contributed by atoms with Crippen molar-refractivity contribution in [2.24, 2.45) is 0 Å². The number of halogens is 4. The van der Waals surface area contributed by atoms with Crippen LogP contribution in [0.5, 0.6) is 0 Å². The van der Waals surface area contributed by atoms with E-state index in [1.165, 1.54) is 19.4 Å². The fourth-order valence-corrected chi connectivity index (χ4v) is 3.41. The van der Waals surface area contributed by atoms with Gasteiger partial charge in [-0.05, 0) is 43.7 Å². The summed E-state index contributed by atoms with van der Waals surface area (Å²) < 4.78 is 40.2. The third-order valence-corrected chi connectivity index (χ3v) is 5.79. The van der Waals surface area contributed by atoms with E-state index in [2.05, 4.69) is 36.4 Å². The number of aromatic nitrogens is 2. The summed E-state index contributed by atoms with van der Waals surface area (Å²) in [6.07, 6.45) is -2.99. The molecule has 2 rings (SSSR count). The van der Waals surface area contributed by atoms with Crippen LogP contribution < -0.4 is 5.32 Å². The first-order valence-corrected chi connectivity index (χ1v) is 10.1. The Labute approximate surface area is 174 Å². The first-order chi connectivity index (χ1) is 13.5. The largest absolute Gasteiger partial charge is 0.436 e. The summed E-state index contributed by atoms with van der Waals surface area (Å²) in [6, 6.07) is 6.89. The van der Waals surface area contributed by atoms with Crippen molar-refractivity contribution in [3.8, 4) is 0 Å². The Morgan fingerprint density at radius 2 is 1.69 bits per heavy atom. The van der Waals surface area contributed by atoms with Crippen LogP contribution in [-0.2, 0) is 11.0 Å². The van der Waals surface area contributed by atoms with E-state index in [0.717, 1.165) is 16.7 Å². The minimum atomic E-state index is -4.67. The van der Waals surface area contributed by atoms with Crippen LogP contribution in [0.2, 0.25) is 5.02 Å². The van der Waals surface area contributed by atoms with E-state index >= 15 is 0 Å². The fourth-order valence-electron chi connectivity index (χ4n) is 3.17. The Balaban J connectivity index is 2.19. The van der Waals surface area contributed by atoms with Crippen LogP contribution in [0.25, 0.3) is 0 Å². The lowest BCUT2D eigenvalue weighted by atomic mass is 9.95. The number of hydrogen-bond donors (Lipinski definition) is 1. The van der Waals surface area contributed by atoms with Crippen LogP contribution in [-0.4, -0.2) is 15.7 Å². The molecule has 1 N–H and O–H groups in total. The summed E-state index contributed by atoms with van der Waals surface area (Å²) in [5, 5.41) is 5.98. The van der Waals surface area contributed by atoms with Crippen LogP contribution in [0.3, 0.4) is 0 Å². The van der Waals surface area contributed by atoms with E-state index in [4.69, 9.17) is 11.6 Å². The quantitative estimate of drug-likeness (QED) is 0.569. The van der Waals surface area contributed by atoms with Crippen molar-refractivity contribution in [1.82, 2.24) is 15.1 Å². The minimum absolute atomic E-state index is 0.104. The molecule has 0 saturated carbocycles. The summed E-state index contributed by atoms with van der Waals surface area (Å²) in [5.41, 5.74) is 1.11. The molecule has 0 fully saturated rings. The van der Waals surface area contributed by atoms with E-state index in [-0.39, 0.29) is 11.7 Å². The minimum Gasteiger partial charge on any atom is -0.347 e. The van der Waals surface area contributed by atoms with Gasteiger partial charge in [0.1, 0.15) is 6.04 Å². The molecule has 1 aromatic carbocycles. The summed E-state index contributed by atoms with van der Waals surface area (Å²) in [4.78, 5) is 12.7. The number of carbonyl (C=O) groups excluding carboxylic acids is 1. The molecule has 0 radical (unpaired) electrons.